The lowest BCUT2D eigenvalue weighted by Gasteiger charge is -2.45. The van der Waals surface area contributed by atoms with Gasteiger partial charge in [-0.25, -0.2) is 0 Å². The fourth-order valence-corrected chi connectivity index (χ4v) is 1.55. The molecule has 0 saturated carbocycles. The smallest absolute Gasteiger partial charge is 0.180 e. The first-order valence-corrected chi connectivity index (χ1v) is 4.46. The Morgan fingerprint density at radius 1 is 1.47 bits per heavy atom. The number of hydrogen-bond acceptors (Lipinski definition) is 7. The molecule has 0 aromatic heterocycles. The zero-order valence-corrected chi connectivity index (χ0v) is 8.20. The second-order valence-electron chi connectivity index (χ2n) is 3.62. The van der Waals surface area contributed by atoms with Crippen molar-refractivity contribution in [2.45, 2.75) is 37.1 Å². The van der Waals surface area contributed by atoms with E-state index >= 15 is 0 Å². The SMILES string of the molecule is CC(=O)[C@]1(CO)OC(O)[C@H](N)[C@@H](O)[C@@H]1O. The summed E-state index contributed by atoms with van der Waals surface area (Å²) in [7, 11) is 0. The number of rotatable bonds is 2. The van der Waals surface area contributed by atoms with E-state index in [1.807, 2.05) is 0 Å². The first-order valence-electron chi connectivity index (χ1n) is 4.46. The summed E-state index contributed by atoms with van der Waals surface area (Å²) in [6.07, 6.45) is -4.82. The van der Waals surface area contributed by atoms with Gasteiger partial charge in [-0.1, -0.05) is 0 Å². The summed E-state index contributed by atoms with van der Waals surface area (Å²) < 4.78 is 4.80. The number of ether oxygens (including phenoxy) is 1. The summed E-state index contributed by atoms with van der Waals surface area (Å²) in [5.74, 6) is -0.692. The molecule has 0 aromatic carbocycles. The highest BCUT2D eigenvalue weighted by atomic mass is 16.6. The molecule has 6 N–H and O–H groups in total. The van der Waals surface area contributed by atoms with Crippen LogP contribution in [0.15, 0.2) is 0 Å². The third-order valence-electron chi connectivity index (χ3n) is 2.69. The van der Waals surface area contributed by atoms with Gasteiger partial charge in [0.2, 0.25) is 0 Å². The number of ketones is 1. The topological polar surface area (TPSA) is 133 Å². The Morgan fingerprint density at radius 3 is 2.40 bits per heavy atom. The summed E-state index contributed by atoms with van der Waals surface area (Å²) in [6.45, 7) is 0.236. The highest BCUT2D eigenvalue weighted by molar-refractivity contribution is 5.86. The number of aliphatic hydroxyl groups is 4. The van der Waals surface area contributed by atoms with Crippen LogP contribution in [-0.4, -0.2) is 63.0 Å². The van der Waals surface area contributed by atoms with E-state index in [9.17, 15) is 20.1 Å². The molecule has 1 fully saturated rings. The molecule has 1 unspecified atom stereocenters. The van der Waals surface area contributed by atoms with E-state index in [1.165, 1.54) is 0 Å². The monoisotopic (exact) mass is 221 g/mol. The molecule has 15 heavy (non-hydrogen) atoms. The molecule has 1 rings (SSSR count). The molecule has 0 bridgehead atoms. The van der Waals surface area contributed by atoms with Crippen LogP contribution in [0.25, 0.3) is 0 Å². The molecule has 7 heteroatoms. The van der Waals surface area contributed by atoms with Crippen LogP contribution in [0.4, 0.5) is 0 Å². The predicted octanol–water partition coefficient (Wildman–Crippen LogP) is -3.30. The minimum Gasteiger partial charge on any atom is -0.393 e. The molecule has 1 saturated heterocycles. The summed E-state index contributed by atoms with van der Waals surface area (Å²) in [5.41, 5.74) is 3.30. The number of Topliss-reactive ketones (excluding diaryl/α,β-unsaturated/α-hetero) is 1. The van der Waals surface area contributed by atoms with Crippen molar-refractivity contribution in [2.75, 3.05) is 6.61 Å². The third-order valence-corrected chi connectivity index (χ3v) is 2.69. The van der Waals surface area contributed by atoms with Gasteiger partial charge in [-0.2, -0.15) is 0 Å². The van der Waals surface area contributed by atoms with Crippen LogP contribution in [0, 0.1) is 0 Å². The fourth-order valence-electron chi connectivity index (χ4n) is 1.55. The third kappa shape index (κ3) is 1.78. The van der Waals surface area contributed by atoms with Gasteiger partial charge in [-0.3, -0.25) is 4.79 Å². The summed E-state index contributed by atoms with van der Waals surface area (Å²) in [5, 5.41) is 37.4. The van der Waals surface area contributed by atoms with Gasteiger partial charge in [-0.05, 0) is 6.92 Å². The Hall–Kier alpha value is -0.570. The van der Waals surface area contributed by atoms with Gasteiger partial charge in [0, 0.05) is 0 Å². The van der Waals surface area contributed by atoms with Crippen molar-refractivity contribution < 1.29 is 30.0 Å². The molecule has 5 atom stereocenters. The Kier molecular flexibility index (Phi) is 3.44. The van der Waals surface area contributed by atoms with E-state index in [2.05, 4.69) is 0 Å². The second kappa shape index (κ2) is 4.12. The van der Waals surface area contributed by atoms with Gasteiger partial charge in [0.25, 0.3) is 0 Å². The first-order chi connectivity index (χ1) is 6.86. The summed E-state index contributed by atoms with van der Waals surface area (Å²) in [6, 6.07) is -1.22. The molecule has 0 aromatic rings. The molecule has 0 radical (unpaired) electrons. The number of hydrogen-bond donors (Lipinski definition) is 5. The lowest BCUT2D eigenvalue weighted by Crippen LogP contribution is -2.70. The van der Waals surface area contributed by atoms with E-state index in [-0.39, 0.29) is 0 Å². The number of aliphatic hydroxyl groups excluding tert-OH is 4. The molecular weight excluding hydrogens is 206 g/mol. The second-order valence-corrected chi connectivity index (χ2v) is 3.62. The molecule has 0 amide bonds. The van der Waals surface area contributed by atoms with E-state index < -0.39 is 42.5 Å². The molecule has 0 aliphatic carbocycles. The average molecular weight is 221 g/mol. The summed E-state index contributed by atoms with van der Waals surface area (Å²) >= 11 is 0. The minimum absolute atomic E-state index is 0.692. The van der Waals surface area contributed by atoms with Crippen LogP contribution in [0.3, 0.4) is 0 Å². The van der Waals surface area contributed by atoms with Gasteiger partial charge in [0.1, 0.15) is 12.2 Å². The predicted molar refractivity (Wildman–Crippen MR) is 47.6 cm³/mol. The van der Waals surface area contributed by atoms with Crippen LogP contribution >= 0.6 is 0 Å². The average Bonchev–Trinajstić information content (AvgIpc) is 2.20. The van der Waals surface area contributed by atoms with E-state index in [0.29, 0.717) is 0 Å². The number of carbonyl (C=O) groups excluding carboxylic acids is 1. The largest absolute Gasteiger partial charge is 0.393 e. The van der Waals surface area contributed by atoms with Gasteiger partial charge < -0.3 is 30.9 Å². The fraction of sp³-hybridized carbons (Fsp3) is 0.875. The summed E-state index contributed by atoms with van der Waals surface area (Å²) in [4.78, 5) is 11.3. The first kappa shape index (κ1) is 12.5. The van der Waals surface area contributed by atoms with E-state index in [1.54, 1.807) is 0 Å². The van der Waals surface area contributed by atoms with Gasteiger partial charge in [0.05, 0.1) is 12.6 Å². The maximum atomic E-state index is 11.3. The van der Waals surface area contributed by atoms with Crippen LogP contribution in [0.5, 0.6) is 0 Å². The van der Waals surface area contributed by atoms with Crippen molar-refractivity contribution in [2.24, 2.45) is 5.73 Å². The molecule has 88 valence electrons. The highest BCUT2D eigenvalue weighted by Crippen LogP contribution is 2.29. The van der Waals surface area contributed by atoms with Crippen molar-refractivity contribution in [3.8, 4) is 0 Å². The van der Waals surface area contributed by atoms with Crippen LogP contribution in [-0.2, 0) is 9.53 Å². The molecule has 0 spiro atoms. The Morgan fingerprint density at radius 2 is 2.00 bits per heavy atom. The van der Waals surface area contributed by atoms with Crippen molar-refractivity contribution in [3.05, 3.63) is 0 Å². The normalized spacial score (nSPS) is 46.5. The molecular formula is C8H15NO6. The molecule has 1 aliphatic rings. The number of nitrogens with two attached hydrogens (primary N) is 1. The Labute approximate surface area is 86.1 Å². The van der Waals surface area contributed by atoms with Crippen molar-refractivity contribution in [3.63, 3.8) is 0 Å². The lowest BCUT2D eigenvalue weighted by molar-refractivity contribution is -0.285. The zero-order valence-electron chi connectivity index (χ0n) is 8.20. The van der Waals surface area contributed by atoms with Crippen molar-refractivity contribution in [1.82, 2.24) is 0 Å². The quantitative estimate of drug-likeness (QED) is 0.330. The lowest BCUT2D eigenvalue weighted by atomic mass is 9.84. The van der Waals surface area contributed by atoms with Crippen LogP contribution in [0.2, 0.25) is 0 Å². The van der Waals surface area contributed by atoms with Gasteiger partial charge in [0.15, 0.2) is 17.7 Å². The Balaban J connectivity index is 3.04. The maximum absolute atomic E-state index is 11.3. The number of carbonyl (C=O) groups is 1. The van der Waals surface area contributed by atoms with Gasteiger partial charge in [-0.15, -0.1) is 0 Å². The minimum atomic E-state index is -2.01. The molecule has 1 aliphatic heterocycles. The van der Waals surface area contributed by atoms with E-state index in [4.69, 9.17) is 15.6 Å². The van der Waals surface area contributed by atoms with Gasteiger partial charge >= 0.3 is 0 Å². The van der Waals surface area contributed by atoms with Crippen LogP contribution < -0.4 is 5.73 Å². The standard InChI is InChI=1S/C8H15NO6/c1-3(11)8(2-10)6(13)5(12)4(9)7(14)15-8/h4-7,10,12-14H,2,9H2,1H3/t4-,5-,6+,7?,8+/m1/s1. The van der Waals surface area contributed by atoms with Crippen LogP contribution in [0.1, 0.15) is 6.92 Å². The Bertz CT molecular complexity index is 260. The van der Waals surface area contributed by atoms with Crippen molar-refractivity contribution >= 4 is 5.78 Å². The zero-order chi connectivity index (χ0) is 11.8. The molecule has 7 nitrogen and oxygen atoms in total. The van der Waals surface area contributed by atoms with E-state index in [0.717, 1.165) is 6.92 Å². The van der Waals surface area contributed by atoms with Crippen molar-refractivity contribution in [1.29, 1.82) is 0 Å². The molecule has 1 heterocycles. The highest BCUT2D eigenvalue weighted by Gasteiger charge is 2.55. The maximum Gasteiger partial charge on any atom is 0.180 e.